The smallest absolute Gasteiger partial charge is 0.238 e. The molecule has 0 unspecified atom stereocenters. The minimum Gasteiger partial charge on any atom is -0.419 e. The Kier molecular flexibility index (Phi) is 5.13. The third-order valence-electron chi connectivity index (χ3n) is 4.66. The van der Waals surface area contributed by atoms with Gasteiger partial charge in [-0.1, -0.05) is 35.9 Å². The monoisotopic (exact) mass is 422 g/mol. The SMILES string of the molecule is Cc1ccc(S(=O)(=O)c2nc(-c3ccccc3C)oc2Nc2ccc(F)cc2)cc1. The Labute approximate surface area is 174 Å². The van der Waals surface area contributed by atoms with Gasteiger partial charge in [0.1, 0.15) is 5.82 Å². The number of sulfone groups is 1. The largest absolute Gasteiger partial charge is 0.419 e. The lowest BCUT2D eigenvalue weighted by molar-refractivity contribution is 0.581. The molecule has 0 spiro atoms. The van der Waals surface area contributed by atoms with Crippen molar-refractivity contribution in [2.45, 2.75) is 23.8 Å². The van der Waals surface area contributed by atoms with E-state index in [4.69, 9.17) is 4.42 Å². The second-order valence-electron chi connectivity index (χ2n) is 6.92. The number of halogens is 1. The lowest BCUT2D eigenvalue weighted by Gasteiger charge is -2.06. The number of rotatable bonds is 5. The first-order valence-corrected chi connectivity index (χ1v) is 10.7. The van der Waals surface area contributed by atoms with Crippen LogP contribution in [0.25, 0.3) is 11.5 Å². The van der Waals surface area contributed by atoms with Crippen molar-refractivity contribution in [2.75, 3.05) is 5.32 Å². The third kappa shape index (κ3) is 3.84. The Balaban J connectivity index is 1.85. The molecule has 0 aliphatic rings. The summed E-state index contributed by atoms with van der Waals surface area (Å²) in [6.45, 7) is 3.77. The molecule has 30 heavy (non-hydrogen) atoms. The van der Waals surface area contributed by atoms with Gasteiger partial charge in [-0.3, -0.25) is 0 Å². The number of anilines is 2. The summed E-state index contributed by atoms with van der Waals surface area (Å²) in [6, 6.07) is 19.5. The van der Waals surface area contributed by atoms with Gasteiger partial charge in [0.25, 0.3) is 0 Å². The van der Waals surface area contributed by atoms with Crippen LogP contribution in [-0.2, 0) is 9.84 Å². The summed E-state index contributed by atoms with van der Waals surface area (Å²) in [5, 5.41) is 2.69. The average molecular weight is 422 g/mol. The van der Waals surface area contributed by atoms with Gasteiger partial charge in [-0.2, -0.15) is 4.98 Å². The molecule has 1 heterocycles. The molecule has 0 bridgehead atoms. The maximum Gasteiger partial charge on any atom is 0.238 e. The van der Waals surface area contributed by atoms with Crippen LogP contribution in [0.15, 0.2) is 87.1 Å². The summed E-state index contributed by atoms with van der Waals surface area (Å²) in [5.41, 5.74) is 3.00. The maximum absolute atomic E-state index is 13.3. The molecule has 0 aliphatic heterocycles. The summed E-state index contributed by atoms with van der Waals surface area (Å²) in [5.74, 6) is -0.241. The van der Waals surface area contributed by atoms with Gasteiger partial charge in [0.05, 0.1) is 4.90 Å². The van der Waals surface area contributed by atoms with Crippen molar-refractivity contribution < 1.29 is 17.2 Å². The highest BCUT2D eigenvalue weighted by Gasteiger charge is 2.29. The predicted octanol–water partition coefficient (Wildman–Crippen LogP) is 5.67. The Morgan fingerprint density at radius 3 is 2.23 bits per heavy atom. The molecule has 4 aromatic rings. The Bertz CT molecular complexity index is 1300. The first-order valence-electron chi connectivity index (χ1n) is 9.26. The van der Waals surface area contributed by atoms with Crippen LogP contribution in [-0.4, -0.2) is 13.4 Å². The van der Waals surface area contributed by atoms with Crippen molar-refractivity contribution in [3.63, 3.8) is 0 Å². The molecule has 0 atom stereocenters. The van der Waals surface area contributed by atoms with Crippen LogP contribution in [0.1, 0.15) is 11.1 Å². The molecule has 0 aliphatic carbocycles. The zero-order valence-corrected chi connectivity index (χ0v) is 17.2. The zero-order valence-electron chi connectivity index (χ0n) is 16.4. The quantitative estimate of drug-likeness (QED) is 0.448. The number of hydrogen-bond acceptors (Lipinski definition) is 5. The van der Waals surface area contributed by atoms with Gasteiger partial charge >= 0.3 is 0 Å². The van der Waals surface area contributed by atoms with Crippen LogP contribution in [0.4, 0.5) is 16.0 Å². The van der Waals surface area contributed by atoms with Crippen molar-refractivity contribution in [1.29, 1.82) is 0 Å². The summed E-state index contributed by atoms with van der Waals surface area (Å²) < 4.78 is 45.7. The number of aryl methyl sites for hydroxylation is 2. The van der Waals surface area contributed by atoms with Crippen molar-refractivity contribution in [1.82, 2.24) is 4.98 Å². The minimum absolute atomic E-state index is 0.0274. The van der Waals surface area contributed by atoms with E-state index in [1.807, 2.05) is 38.1 Å². The average Bonchev–Trinajstić information content (AvgIpc) is 3.15. The van der Waals surface area contributed by atoms with Crippen LogP contribution in [0, 0.1) is 19.7 Å². The van der Waals surface area contributed by atoms with Gasteiger partial charge in [0.15, 0.2) is 0 Å². The number of oxazole rings is 1. The van der Waals surface area contributed by atoms with Crippen molar-refractivity contribution >= 4 is 21.4 Å². The van der Waals surface area contributed by atoms with E-state index in [1.54, 1.807) is 12.1 Å². The number of aromatic nitrogens is 1. The van der Waals surface area contributed by atoms with Crippen LogP contribution in [0.5, 0.6) is 0 Å². The second-order valence-corrected chi connectivity index (χ2v) is 8.78. The molecule has 5 nitrogen and oxygen atoms in total. The molecule has 0 saturated carbocycles. The molecule has 1 aromatic heterocycles. The highest BCUT2D eigenvalue weighted by molar-refractivity contribution is 7.91. The minimum atomic E-state index is -3.96. The van der Waals surface area contributed by atoms with E-state index >= 15 is 0 Å². The van der Waals surface area contributed by atoms with Crippen molar-refractivity contribution in [2.24, 2.45) is 0 Å². The Morgan fingerprint density at radius 2 is 1.57 bits per heavy atom. The second kappa shape index (κ2) is 7.76. The van der Waals surface area contributed by atoms with Crippen LogP contribution < -0.4 is 5.32 Å². The van der Waals surface area contributed by atoms with E-state index in [0.29, 0.717) is 11.3 Å². The topological polar surface area (TPSA) is 72.2 Å². The molecule has 152 valence electrons. The van der Waals surface area contributed by atoms with Gasteiger partial charge in [-0.25, -0.2) is 12.8 Å². The van der Waals surface area contributed by atoms with Gasteiger partial charge in [-0.15, -0.1) is 0 Å². The Morgan fingerprint density at radius 1 is 0.900 bits per heavy atom. The normalized spacial score (nSPS) is 11.4. The van der Waals surface area contributed by atoms with Crippen LogP contribution >= 0.6 is 0 Å². The lowest BCUT2D eigenvalue weighted by Crippen LogP contribution is -2.05. The predicted molar refractivity (Wildman–Crippen MR) is 113 cm³/mol. The summed E-state index contributed by atoms with van der Waals surface area (Å²) in [4.78, 5) is 4.45. The lowest BCUT2D eigenvalue weighted by atomic mass is 10.1. The molecule has 0 fully saturated rings. The first kappa shape index (κ1) is 19.8. The highest BCUT2D eigenvalue weighted by Crippen LogP contribution is 2.35. The summed E-state index contributed by atoms with van der Waals surface area (Å²) in [6.07, 6.45) is 0. The van der Waals surface area contributed by atoms with Gasteiger partial charge in [0, 0.05) is 11.3 Å². The highest BCUT2D eigenvalue weighted by atomic mass is 32.2. The molecule has 1 N–H and O–H groups in total. The number of nitrogens with zero attached hydrogens (tertiary/aromatic N) is 1. The standard InChI is InChI=1S/C23H19FN2O3S/c1-15-7-13-19(14-8-15)30(27,28)23-22(25-18-11-9-17(24)10-12-18)29-21(26-23)20-6-4-3-5-16(20)2/h3-14,25H,1-2H3. The van der Waals surface area contributed by atoms with Crippen LogP contribution in [0.3, 0.4) is 0 Å². The number of nitrogens with one attached hydrogen (secondary N) is 1. The summed E-state index contributed by atoms with van der Waals surface area (Å²) >= 11 is 0. The van der Waals surface area contributed by atoms with E-state index in [2.05, 4.69) is 10.3 Å². The zero-order chi connectivity index (χ0) is 21.3. The Hall–Kier alpha value is -3.45. The molecule has 3 aromatic carbocycles. The number of benzene rings is 3. The third-order valence-corrected chi connectivity index (χ3v) is 6.34. The van der Waals surface area contributed by atoms with E-state index in [9.17, 15) is 12.8 Å². The summed E-state index contributed by atoms with van der Waals surface area (Å²) in [7, 11) is -3.96. The first-order chi connectivity index (χ1) is 14.3. The van der Waals surface area contributed by atoms with E-state index in [0.717, 1.165) is 11.1 Å². The number of hydrogen-bond donors (Lipinski definition) is 1. The van der Waals surface area contributed by atoms with E-state index in [1.165, 1.54) is 36.4 Å². The molecule has 0 amide bonds. The van der Waals surface area contributed by atoms with Gasteiger partial charge in [-0.05, 0) is 61.9 Å². The van der Waals surface area contributed by atoms with Crippen molar-refractivity contribution in [3.05, 3.63) is 89.7 Å². The molecule has 0 radical (unpaired) electrons. The van der Waals surface area contributed by atoms with E-state index in [-0.39, 0.29) is 21.7 Å². The van der Waals surface area contributed by atoms with Gasteiger partial charge in [0.2, 0.25) is 26.6 Å². The molecule has 0 saturated heterocycles. The fourth-order valence-electron chi connectivity index (χ4n) is 2.99. The molecule has 7 heteroatoms. The fraction of sp³-hybridized carbons (Fsp3) is 0.0870. The van der Waals surface area contributed by atoms with Crippen molar-refractivity contribution in [3.8, 4) is 11.5 Å². The molecular formula is C23H19FN2O3S. The fourth-order valence-corrected chi connectivity index (χ4v) is 4.25. The molecular weight excluding hydrogens is 403 g/mol. The van der Waals surface area contributed by atoms with Gasteiger partial charge < -0.3 is 9.73 Å². The van der Waals surface area contributed by atoms with Crippen LogP contribution in [0.2, 0.25) is 0 Å². The maximum atomic E-state index is 13.3. The molecule has 4 rings (SSSR count). The van der Waals surface area contributed by atoms with E-state index < -0.39 is 15.7 Å².